The highest BCUT2D eigenvalue weighted by Gasteiger charge is 2.39. The molecule has 2 fully saturated rings. The van der Waals surface area contributed by atoms with Gasteiger partial charge in [-0.15, -0.1) is 0 Å². The molecule has 4 amide bonds. The number of carboxylic acid groups (broad SMARTS) is 1. The third-order valence-electron chi connectivity index (χ3n) is 12.5. The summed E-state index contributed by atoms with van der Waals surface area (Å²) in [7, 11) is 0. The maximum atomic E-state index is 13.4. The van der Waals surface area contributed by atoms with Crippen LogP contribution in [0.15, 0.2) is 48.7 Å². The second-order valence-electron chi connectivity index (χ2n) is 18.3. The normalized spacial score (nSPS) is 19.1. The van der Waals surface area contributed by atoms with Crippen molar-refractivity contribution >= 4 is 58.3 Å². The van der Waals surface area contributed by atoms with Crippen molar-refractivity contribution in [3.8, 4) is 5.75 Å². The third-order valence-corrected chi connectivity index (χ3v) is 12.5. The molecule has 2 saturated heterocycles. The van der Waals surface area contributed by atoms with Gasteiger partial charge < -0.3 is 71.1 Å². The Bertz CT molecular complexity index is 2480. The predicted octanol–water partition coefficient (Wildman–Crippen LogP) is 2.55. The summed E-state index contributed by atoms with van der Waals surface area (Å²) in [6, 6.07) is 13.1. The van der Waals surface area contributed by atoms with Crippen LogP contribution in [-0.4, -0.2) is 152 Å². The van der Waals surface area contributed by atoms with E-state index in [0.717, 1.165) is 53.8 Å². The number of nitrogens with zero attached hydrogens (tertiary/aromatic N) is 5. The van der Waals surface area contributed by atoms with Gasteiger partial charge in [0.2, 0.25) is 30.0 Å². The fourth-order valence-corrected chi connectivity index (χ4v) is 8.17. The number of aromatic nitrogens is 3. The van der Waals surface area contributed by atoms with Gasteiger partial charge in [-0.3, -0.25) is 24.1 Å². The Morgan fingerprint density at radius 1 is 0.887 bits per heavy atom. The molecule has 0 spiro atoms. The summed E-state index contributed by atoms with van der Waals surface area (Å²) in [6.45, 7) is 11.1. The van der Waals surface area contributed by atoms with Crippen LogP contribution in [0.4, 0.5) is 22.2 Å². The first-order chi connectivity index (χ1) is 34.0. The molecular weight excluding hydrogens is 921 g/mol. The minimum absolute atomic E-state index is 0.0264. The Labute approximate surface area is 412 Å². The van der Waals surface area contributed by atoms with Crippen molar-refractivity contribution in [2.24, 2.45) is 11.8 Å². The van der Waals surface area contributed by atoms with Gasteiger partial charge >= 0.3 is 12.1 Å². The number of carbonyl (C=O) groups excluding carboxylic acids is 4. The summed E-state index contributed by atoms with van der Waals surface area (Å²) in [5, 5.41) is 51.0. The topological polar surface area (TPSA) is 305 Å². The lowest BCUT2D eigenvalue weighted by Crippen LogP contribution is -2.54. The number of anilines is 3. The Morgan fingerprint density at radius 3 is 2.38 bits per heavy atom. The molecule has 71 heavy (non-hydrogen) atoms. The standard InChI is InChI=1S/C49H68N10O12/c1-5-6-7-14-51-44-41-35(55-48(50)56-44)13-16-59(41)26-34-10-8-32(21-29(34)2)25-57-17-19-58(20-18-57)49(68)70-27-33-9-11-38(71-47-43(65)42(64)37(60)28-69-47)36(23-33)54-46(67)31(4)24-53-39(61)12-15-52-45(66)30(3)22-40(62)63/h8-11,13,16,21,23,30-31,37,42-43,47,60,64-65H,5-7,12,14-15,17-20,22,24-28H2,1-4H3,(H,52,66)(H,53,61)(H,54,67)(H,62,63)(H3,50,51,55,56)/t30?,31?,37-,42+,43-,47?/m0/s1. The molecule has 0 aliphatic carbocycles. The average molecular weight is 989 g/mol. The molecule has 0 radical (unpaired) electrons. The van der Waals surface area contributed by atoms with Crippen LogP contribution in [-0.2, 0) is 48.3 Å². The number of aliphatic hydroxyl groups is 3. The first kappa shape index (κ1) is 53.8. The Morgan fingerprint density at radius 2 is 1.65 bits per heavy atom. The minimum atomic E-state index is -1.62. The maximum Gasteiger partial charge on any atom is 0.410 e. The number of rotatable bonds is 23. The number of benzene rings is 2. The van der Waals surface area contributed by atoms with Crippen molar-refractivity contribution in [1.29, 1.82) is 0 Å². The lowest BCUT2D eigenvalue weighted by molar-refractivity contribution is -0.241. The monoisotopic (exact) mass is 989 g/mol. The first-order valence-electron chi connectivity index (χ1n) is 24.1. The molecule has 6 atom stereocenters. The molecule has 0 saturated carbocycles. The molecule has 2 aliphatic rings. The summed E-state index contributed by atoms with van der Waals surface area (Å²) < 4.78 is 19.2. The zero-order valence-corrected chi connectivity index (χ0v) is 40.8. The number of aliphatic hydroxyl groups excluding tert-OH is 3. The smallest absolute Gasteiger partial charge is 0.410 e. The van der Waals surface area contributed by atoms with E-state index < -0.39 is 66.2 Å². The fraction of sp³-hybridized carbons (Fsp3) is 0.531. The SMILES string of the molecule is CCCCCNc1nc(N)nc2ccn(Cc3ccc(CN4CCN(C(=O)OCc5ccc(OC6OC[C@H](O)[C@@H](O)[C@@H]6O)c(NC(=O)C(C)CNC(=O)CCNC(=O)C(C)CC(=O)O)c5)CC4)cc3C)c12. The molecule has 386 valence electrons. The molecule has 6 rings (SSSR count). The largest absolute Gasteiger partial charge is 0.481 e. The number of nitrogens with two attached hydrogens (primary N) is 1. The number of piperazine rings is 1. The van der Waals surface area contributed by atoms with Crippen LogP contribution in [0.1, 0.15) is 75.1 Å². The highest BCUT2D eigenvalue weighted by atomic mass is 16.7. The van der Waals surface area contributed by atoms with Gasteiger partial charge in [-0.05, 0) is 53.8 Å². The molecule has 22 heteroatoms. The lowest BCUT2D eigenvalue weighted by atomic mass is 10.0. The quantitative estimate of drug-likeness (QED) is 0.0483. The first-order valence-corrected chi connectivity index (χ1v) is 24.1. The zero-order chi connectivity index (χ0) is 51.2. The fourth-order valence-electron chi connectivity index (χ4n) is 8.17. The number of unbranched alkanes of at least 4 members (excludes halogenated alkanes) is 2. The van der Waals surface area contributed by atoms with Crippen LogP contribution in [0, 0.1) is 18.8 Å². The van der Waals surface area contributed by atoms with E-state index >= 15 is 0 Å². The number of carboxylic acids is 1. The van der Waals surface area contributed by atoms with Crippen molar-refractivity contribution in [3.63, 3.8) is 0 Å². The Balaban J connectivity index is 1.00. The molecule has 4 heterocycles. The Kier molecular flexibility index (Phi) is 19.3. The van der Waals surface area contributed by atoms with Crippen LogP contribution < -0.4 is 31.7 Å². The van der Waals surface area contributed by atoms with Gasteiger partial charge in [0, 0.05) is 77.4 Å². The molecule has 2 aromatic heterocycles. The molecule has 2 aliphatic heterocycles. The van der Waals surface area contributed by atoms with E-state index in [1.807, 2.05) is 12.3 Å². The van der Waals surface area contributed by atoms with Crippen molar-refractivity contribution in [1.82, 2.24) is 35.0 Å². The highest BCUT2D eigenvalue weighted by molar-refractivity contribution is 5.94. The molecule has 4 aromatic rings. The number of hydrogen-bond donors (Lipinski definition) is 9. The van der Waals surface area contributed by atoms with Crippen molar-refractivity contribution in [2.75, 3.05) is 68.8 Å². The summed E-state index contributed by atoms with van der Waals surface area (Å²) in [5.41, 5.74) is 11.8. The van der Waals surface area contributed by atoms with E-state index in [1.165, 1.54) is 24.6 Å². The van der Waals surface area contributed by atoms with Gasteiger partial charge in [0.15, 0.2) is 5.82 Å². The number of carbonyl (C=O) groups is 5. The van der Waals surface area contributed by atoms with Gasteiger partial charge in [-0.2, -0.15) is 4.98 Å². The maximum absolute atomic E-state index is 13.4. The number of nitrogens with one attached hydrogen (secondary N) is 4. The number of hydrogen-bond acceptors (Lipinski definition) is 16. The lowest BCUT2D eigenvalue weighted by Gasteiger charge is -2.35. The molecular formula is C49H68N10O12. The van der Waals surface area contributed by atoms with E-state index in [0.29, 0.717) is 44.8 Å². The van der Waals surface area contributed by atoms with Crippen LogP contribution in [0.5, 0.6) is 5.75 Å². The summed E-state index contributed by atoms with van der Waals surface area (Å²) in [4.78, 5) is 75.1. The van der Waals surface area contributed by atoms with E-state index in [-0.39, 0.29) is 56.5 Å². The van der Waals surface area contributed by atoms with Crippen LogP contribution in [0.3, 0.4) is 0 Å². The van der Waals surface area contributed by atoms with Gasteiger partial charge in [0.25, 0.3) is 0 Å². The number of fused-ring (bicyclic) bond motifs is 1. The number of nitrogen functional groups attached to an aromatic ring is 1. The Hall–Kier alpha value is -6.59. The minimum Gasteiger partial charge on any atom is -0.481 e. The number of ether oxygens (including phenoxy) is 3. The summed E-state index contributed by atoms with van der Waals surface area (Å²) in [5.74, 6) is -3.11. The summed E-state index contributed by atoms with van der Waals surface area (Å²) >= 11 is 0. The van der Waals surface area contributed by atoms with Crippen molar-refractivity contribution in [3.05, 3.63) is 70.9 Å². The molecule has 2 aromatic carbocycles. The average Bonchev–Trinajstić information content (AvgIpc) is 3.74. The predicted molar refractivity (Wildman–Crippen MR) is 262 cm³/mol. The summed E-state index contributed by atoms with van der Waals surface area (Å²) in [6.07, 6.45) is -1.55. The van der Waals surface area contributed by atoms with Crippen molar-refractivity contribution < 1.29 is 58.6 Å². The van der Waals surface area contributed by atoms with Gasteiger partial charge in [0.05, 0.1) is 30.1 Å². The highest BCUT2D eigenvalue weighted by Crippen LogP contribution is 2.31. The molecule has 3 unspecified atom stereocenters. The van der Waals surface area contributed by atoms with Crippen molar-refractivity contribution in [2.45, 2.75) is 104 Å². The molecule has 10 N–H and O–H groups in total. The second kappa shape index (κ2) is 25.5. The van der Waals surface area contributed by atoms with Gasteiger partial charge in [0.1, 0.15) is 36.2 Å². The van der Waals surface area contributed by atoms with Gasteiger partial charge in [-0.1, -0.05) is 57.9 Å². The number of amides is 4. The van der Waals surface area contributed by atoms with Crippen LogP contribution in [0.2, 0.25) is 0 Å². The van der Waals surface area contributed by atoms with E-state index in [9.17, 15) is 39.3 Å². The van der Waals surface area contributed by atoms with Gasteiger partial charge in [-0.25, -0.2) is 9.78 Å². The number of aryl methyl sites for hydroxylation is 1. The van der Waals surface area contributed by atoms with E-state index in [1.54, 1.807) is 17.9 Å². The van der Waals surface area contributed by atoms with E-state index in [2.05, 4.69) is 72.7 Å². The zero-order valence-electron chi connectivity index (χ0n) is 40.8. The second-order valence-corrected chi connectivity index (χ2v) is 18.3. The number of aliphatic carboxylic acids is 1. The molecule has 22 nitrogen and oxygen atoms in total. The van der Waals surface area contributed by atoms with Crippen LogP contribution >= 0.6 is 0 Å². The van der Waals surface area contributed by atoms with E-state index in [4.69, 9.17) is 25.1 Å². The third kappa shape index (κ3) is 15.2. The van der Waals surface area contributed by atoms with Crippen LogP contribution in [0.25, 0.3) is 11.0 Å². The molecule has 0 bridgehead atoms.